The van der Waals surface area contributed by atoms with Crippen LogP contribution in [0.5, 0.6) is 0 Å². The molecule has 0 spiro atoms. The lowest BCUT2D eigenvalue weighted by Gasteiger charge is -2.01. The number of para-hydroxylation sites is 1. The second kappa shape index (κ2) is 4.53. The molecule has 0 unspecified atom stereocenters. The summed E-state index contributed by atoms with van der Waals surface area (Å²) in [5.41, 5.74) is 1.44. The van der Waals surface area contributed by atoms with Crippen molar-refractivity contribution in [2.24, 2.45) is 0 Å². The first kappa shape index (κ1) is 12.3. The summed E-state index contributed by atoms with van der Waals surface area (Å²) < 4.78 is 7.21. The standard InChI is InChI=1S/C15H11N3O2S/c1-9-16-6-10(21-9)7-18-8-17-13-11-4-2-3-5-12(11)20-14(13)15(18)19/h2-6,8H,7H2,1H3. The van der Waals surface area contributed by atoms with Crippen molar-refractivity contribution >= 4 is 33.4 Å². The van der Waals surface area contributed by atoms with E-state index in [2.05, 4.69) is 9.97 Å². The predicted octanol–water partition coefficient (Wildman–Crippen LogP) is 2.96. The number of furan rings is 1. The Morgan fingerprint density at radius 1 is 1.29 bits per heavy atom. The summed E-state index contributed by atoms with van der Waals surface area (Å²) in [6.07, 6.45) is 3.36. The van der Waals surface area contributed by atoms with Gasteiger partial charge in [0.1, 0.15) is 11.1 Å². The van der Waals surface area contributed by atoms with Crippen LogP contribution in [0.3, 0.4) is 0 Å². The number of aryl methyl sites for hydroxylation is 1. The van der Waals surface area contributed by atoms with Gasteiger partial charge in [0.25, 0.3) is 5.56 Å². The largest absolute Gasteiger partial charge is 0.448 e. The molecule has 3 heterocycles. The van der Waals surface area contributed by atoms with Crippen molar-refractivity contribution in [1.29, 1.82) is 0 Å². The molecule has 4 aromatic rings. The SMILES string of the molecule is Cc1ncc(Cn2cnc3c(oc4ccccc43)c2=O)s1. The van der Waals surface area contributed by atoms with Crippen LogP contribution < -0.4 is 5.56 Å². The third kappa shape index (κ3) is 1.95. The van der Waals surface area contributed by atoms with Crippen LogP contribution in [0.1, 0.15) is 9.88 Å². The average molecular weight is 297 g/mol. The summed E-state index contributed by atoms with van der Waals surface area (Å²) in [7, 11) is 0. The minimum Gasteiger partial charge on any atom is -0.448 e. The molecule has 1 aromatic carbocycles. The van der Waals surface area contributed by atoms with E-state index >= 15 is 0 Å². The quantitative estimate of drug-likeness (QED) is 0.570. The number of nitrogens with zero attached hydrogens (tertiary/aromatic N) is 3. The maximum atomic E-state index is 12.5. The summed E-state index contributed by atoms with van der Waals surface area (Å²) in [5.74, 6) is 0. The Labute approximate surface area is 123 Å². The Morgan fingerprint density at radius 3 is 2.95 bits per heavy atom. The molecule has 5 nitrogen and oxygen atoms in total. The zero-order valence-corrected chi connectivity index (χ0v) is 12.1. The van der Waals surface area contributed by atoms with Crippen molar-refractivity contribution < 1.29 is 4.42 Å². The van der Waals surface area contributed by atoms with Crippen molar-refractivity contribution in [3.63, 3.8) is 0 Å². The molecule has 3 aromatic heterocycles. The van der Waals surface area contributed by atoms with E-state index in [1.165, 1.54) is 0 Å². The molecule has 104 valence electrons. The lowest BCUT2D eigenvalue weighted by atomic mass is 10.2. The van der Waals surface area contributed by atoms with Crippen molar-refractivity contribution in [2.45, 2.75) is 13.5 Å². The molecule has 0 N–H and O–H groups in total. The van der Waals surface area contributed by atoms with Gasteiger partial charge < -0.3 is 4.42 Å². The molecule has 0 bridgehead atoms. The highest BCUT2D eigenvalue weighted by molar-refractivity contribution is 7.11. The van der Waals surface area contributed by atoms with Crippen LogP contribution in [0.2, 0.25) is 0 Å². The number of benzene rings is 1. The van der Waals surface area contributed by atoms with Crippen LogP contribution in [0.15, 0.2) is 46.0 Å². The molecule has 0 aliphatic rings. The fourth-order valence-electron chi connectivity index (χ4n) is 2.37. The van der Waals surface area contributed by atoms with Crippen LogP contribution in [-0.4, -0.2) is 14.5 Å². The van der Waals surface area contributed by atoms with Crippen molar-refractivity contribution in [1.82, 2.24) is 14.5 Å². The average Bonchev–Trinajstić information content (AvgIpc) is 3.06. The molecule has 0 atom stereocenters. The predicted molar refractivity (Wildman–Crippen MR) is 81.7 cm³/mol. The van der Waals surface area contributed by atoms with Crippen LogP contribution in [-0.2, 0) is 6.54 Å². The van der Waals surface area contributed by atoms with Crippen LogP contribution in [0.4, 0.5) is 0 Å². The summed E-state index contributed by atoms with van der Waals surface area (Å²) >= 11 is 1.57. The molecule has 0 radical (unpaired) electrons. The smallest absolute Gasteiger partial charge is 0.297 e. The molecule has 21 heavy (non-hydrogen) atoms. The van der Waals surface area contributed by atoms with E-state index in [1.807, 2.05) is 31.2 Å². The summed E-state index contributed by atoms with van der Waals surface area (Å²) in [4.78, 5) is 22.1. The van der Waals surface area contributed by atoms with Crippen molar-refractivity contribution in [2.75, 3.05) is 0 Å². The molecular weight excluding hydrogens is 286 g/mol. The van der Waals surface area contributed by atoms with E-state index in [0.29, 0.717) is 23.2 Å². The van der Waals surface area contributed by atoms with E-state index in [-0.39, 0.29) is 5.56 Å². The molecule has 0 saturated carbocycles. The van der Waals surface area contributed by atoms with Crippen LogP contribution in [0, 0.1) is 6.92 Å². The highest BCUT2D eigenvalue weighted by Crippen LogP contribution is 2.24. The van der Waals surface area contributed by atoms with Crippen LogP contribution in [0.25, 0.3) is 22.1 Å². The normalized spacial score (nSPS) is 11.5. The van der Waals surface area contributed by atoms with E-state index in [4.69, 9.17) is 4.42 Å². The van der Waals surface area contributed by atoms with E-state index in [1.54, 1.807) is 28.4 Å². The van der Waals surface area contributed by atoms with Crippen LogP contribution >= 0.6 is 11.3 Å². The van der Waals surface area contributed by atoms with Gasteiger partial charge in [0.2, 0.25) is 5.58 Å². The Hall–Kier alpha value is -2.47. The number of fused-ring (bicyclic) bond motifs is 3. The maximum absolute atomic E-state index is 12.5. The van der Waals surface area contributed by atoms with E-state index in [9.17, 15) is 4.79 Å². The number of hydrogen-bond acceptors (Lipinski definition) is 5. The number of hydrogen-bond donors (Lipinski definition) is 0. The lowest BCUT2D eigenvalue weighted by molar-refractivity contribution is 0.644. The highest BCUT2D eigenvalue weighted by Gasteiger charge is 2.13. The third-order valence-electron chi connectivity index (χ3n) is 3.35. The summed E-state index contributed by atoms with van der Waals surface area (Å²) in [6, 6.07) is 7.53. The molecule has 0 saturated heterocycles. The lowest BCUT2D eigenvalue weighted by Crippen LogP contribution is -2.20. The number of thiazole rings is 1. The first-order chi connectivity index (χ1) is 10.2. The highest BCUT2D eigenvalue weighted by atomic mass is 32.1. The van der Waals surface area contributed by atoms with Crippen molar-refractivity contribution in [3.8, 4) is 0 Å². The van der Waals surface area contributed by atoms with Gasteiger partial charge in [-0.15, -0.1) is 11.3 Å². The molecule has 6 heteroatoms. The fraction of sp³-hybridized carbons (Fsp3) is 0.133. The maximum Gasteiger partial charge on any atom is 0.297 e. The minimum absolute atomic E-state index is 0.165. The van der Waals surface area contributed by atoms with Gasteiger partial charge in [-0.05, 0) is 19.1 Å². The van der Waals surface area contributed by atoms with Gasteiger partial charge in [-0.25, -0.2) is 9.97 Å². The fourth-order valence-corrected chi connectivity index (χ4v) is 3.17. The van der Waals surface area contributed by atoms with Gasteiger partial charge in [0.15, 0.2) is 0 Å². The first-order valence-electron chi connectivity index (χ1n) is 6.50. The molecule has 0 aliphatic carbocycles. The van der Waals surface area contributed by atoms with Gasteiger partial charge in [-0.3, -0.25) is 9.36 Å². The third-order valence-corrected chi connectivity index (χ3v) is 4.24. The Balaban J connectivity index is 1.90. The molecular formula is C15H11N3O2S. The van der Waals surface area contributed by atoms with Gasteiger partial charge in [0.05, 0.1) is 17.9 Å². The summed E-state index contributed by atoms with van der Waals surface area (Å²) in [6.45, 7) is 2.40. The second-order valence-electron chi connectivity index (χ2n) is 4.80. The Kier molecular flexibility index (Phi) is 2.65. The molecule has 4 rings (SSSR count). The van der Waals surface area contributed by atoms with Gasteiger partial charge in [-0.1, -0.05) is 12.1 Å². The van der Waals surface area contributed by atoms with Gasteiger partial charge >= 0.3 is 0 Å². The second-order valence-corrected chi connectivity index (χ2v) is 6.12. The van der Waals surface area contributed by atoms with Gasteiger partial charge in [-0.2, -0.15) is 0 Å². The molecule has 0 aliphatic heterocycles. The van der Waals surface area contributed by atoms with E-state index < -0.39 is 0 Å². The van der Waals surface area contributed by atoms with Crippen molar-refractivity contribution in [3.05, 3.63) is 57.0 Å². The Morgan fingerprint density at radius 2 is 2.14 bits per heavy atom. The number of rotatable bonds is 2. The zero-order chi connectivity index (χ0) is 14.4. The first-order valence-corrected chi connectivity index (χ1v) is 7.32. The Bertz CT molecular complexity index is 1010. The molecule has 0 fully saturated rings. The minimum atomic E-state index is -0.165. The zero-order valence-electron chi connectivity index (χ0n) is 11.2. The number of aromatic nitrogens is 3. The van der Waals surface area contributed by atoms with Gasteiger partial charge in [0, 0.05) is 16.5 Å². The topological polar surface area (TPSA) is 60.9 Å². The van der Waals surface area contributed by atoms with E-state index in [0.717, 1.165) is 15.3 Å². The summed E-state index contributed by atoms with van der Waals surface area (Å²) in [5, 5.41) is 1.85. The molecule has 0 amide bonds. The monoisotopic (exact) mass is 297 g/mol.